The second-order valence-electron chi connectivity index (χ2n) is 3.87. The van der Waals surface area contributed by atoms with Crippen LogP contribution in [0.4, 0.5) is 0 Å². The molecule has 0 aromatic heterocycles. The number of methoxy groups -OCH3 is 1. The van der Waals surface area contributed by atoms with Gasteiger partial charge in [-0.05, 0) is 5.53 Å². The summed E-state index contributed by atoms with van der Waals surface area (Å²) in [6.07, 6.45) is 0.360. The number of carbonyl (C=O) groups is 1. The van der Waals surface area contributed by atoms with Crippen molar-refractivity contribution in [1.29, 1.82) is 0 Å². The van der Waals surface area contributed by atoms with Crippen LogP contribution in [0.25, 0.3) is 10.4 Å². The van der Waals surface area contributed by atoms with E-state index < -0.39 is 0 Å². The summed E-state index contributed by atoms with van der Waals surface area (Å²) in [6.45, 7) is 4.53. The zero-order chi connectivity index (χ0) is 15.6. The van der Waals surface area contributed by atoms with Gasteiger partial charge in [0.2, 0.25) is 0 Å². The van der Waals surface area contributed by atoms with Crippen LogP contribution in [0.2, 0.25) is 0 Å². The summed E-state index contributed by atoms with van der Waals surface area (Å²) in [4.78, 5) is 13.4. The zero-order valence-corrected chi connectivity index (χ0v) is 12.5. The van der Waals surface area contributed by atoms with Crippen LogP contribution < -0.4 is 5.32 Å². The summed E-state index contributed by atoms with van der Waals surface area (Å²) in [5, 5.41) is 6.40. The number of nitrogens with zero attached hydrogens (tertiary/aromatic N) is 3. The SMILES string of the molecule is COC(=O)CCNCCOCCOCCOCCN=[N+]=[N-]. The van der Waals surface area contributed by atoms with E-state index in [9.17, 15) is 4.79 Å². The molecule has 122 valence electrons. The third kappa shape index (κ3) is 16.6. The number of esters is 1. The Morgan fingerprint density at radius 3 is 2.29 bits per heavy atom. The van der Waals surface area contributed by atoms with Gasteiger partial charge in [0.1, 0.15) is 0 Å². The molecule has 0 fully saturated rings. The molecule has 0 unspecified atom stereocenters. The number of azide groups is 1. The lowest BCUT2D eigenvalue weighted by atomic mass is 10.4. The van der Waals surface area contributed by atoms with Crippen LogP contribution in [0.3, 0.4) is 0 Å². The first-order valence-corrected chi connectivity index (χ1v) is 6.83. The Labute approximate surface area is 124 Å². The largest absolute Gasteiger partial charge is 0.469 e. The summed E-state index contributed by atoms with van der Waals surface area (Å²) in [7, 11) is 1.37. The number of hydrogen-bond acceptors (Lipinski definition) is 7. The predicted molar refractivity (Wildman–Crippen MR) is 76.0 cm³/mol. The lowest BCUT2D eigenvalue weighted by Crippen LogP contribution is -2.23. The first-order valence-electron chi connectivity index (χ1n) is 6.83. The Hall–Kier alpha value is -1.38. The van der Waals surface area contributed by atoms with Crippen molar-refractivity contribution in [3.63, 3.8) is 0 Å². The van der Waals surface area contributed by atoms with Gasteiger partial charge in [-0.3, -0.25) is 4.79 Å². The topological polar surface area (TPSA) is 115 Å². The van der Waals surface area contributed by atoms with Crippen LogP contribution in [-0.2, 0) is 23.7 Å². The molecule has 0 saturated heterocycles. The number of hydrogen-bond donors (Lipinski definition) is 1. The minimum Gasteiger partial charge on any atom is -0.469 e. The maximum atomic E-state index is 10.8. The Morgan fingerprint density at radius 2 is 1.67 bits per heavy atom. The molecule has 0 rings (SSSR count). The fraction of sp³-hybridized carbons (Fsp3) is 0.917. The highest BCUT2D eigenvalue weighted by Crippen LogP contribution is 1.83. The van der Waals surface area contributed by atoms with Gasteiger partial charge in [-0.1, -0.05) is 5.11 Å². The van der Waals surface area contributed by atoms with Gasteiger partial charge in [-0.15, -0.1) is 0 Å². The number of nitrogens with one attached hydrogen (secondary N) is 1. The van der Waals surface area contributed by atoms with E-state index in [1.807, 2.05) is 0 Å². The van der Waals surface area contributed by atoms with Crippen LogP contribution >= 0.6 is 0 Å². The van der Waals surface area contributed by atoms with Gasteiger partial charge in [0.05, 0.1) is 53.2 Å². The Balaban J connectivity index is 3.02. The van der Waals surface area contributed by atoms with Crippen molar-refractivity contribution in [3.05, 3.63) is 10.4 Å². The molecule has 0 amide bonds. The summed E-state index contributed by atoms with van der Waals surface area (Å²) in [5.74, 6) is -0.224. The van der Waals surface area contributed by atoms with Crippen molar-refractivity contribution in [3.8, 4) is 0 Å². The second-order valence-corrected chi connectivity index (χ2v) is 3.87. The molecule has 0 spiro atoms. The van der Waals surface area contributed by atoms with Gasteiger partial charge < -0.3 is 24.3 Å². The van der Waals surface area contributed by atoms with E-state index in [0.717, 1.165) is 0 Å². The number of ether oxygens (including phenoxy) is 4. The second kappa shape index (κ2) is 16.7. The highest BCUT2D eigenvalue weighted by molar-refractivity contribution is 5.69. The Kier molecular flexibility index (Phi) is 15.6. The standard InChI is InChI=1S/C12H24N4O5/c1-18-12(17)2-3-14-4-6-19-8-10-21-11-9-20-7-5-15-16-13/h14H,2-11H2,1H3. The Morgan fingerprint density at radius 1 is 1.05 bits per heavy atom. The van der Waals surface area contributed by atoms with Gasteiger partial charge >= 0.3 is 5.97 Å². The first kappa shape index (κ1) is 19.6. The van der Waals surface area contributed by atoms with Crippen LogP contribution in [0.15, 0.2) is 5.11 Å². The van der Waals surface area contributed by atoms with Crippen LogP contribution in [0.1, 0.15) is 6.42 Å². The third-order valence-corrected chi connectivity index (χ3v) is 2.30. The molecular weight excluding hydrogens is 280 g/mol. The molecule has 0 aliphatic rings. The van der Waals surface area contributed by atoms with Crippen LogP contribution in [0, 0.1) is 0 Å². The minimum atomic E-state index is -0.224. The van der Waals surface area contributed by atoms with Gasteiger partial charge in [0.25, 0.3) is 0 Å². The molecule has 9 heteroatoms. The molecule has 1 N–H and O–H groups in total. The molecule has 0 aromatic rings. The smallest absolute Gasteiger partial charge is 0.306 e. The highest BCUT2D eigenvalue weighted by atomic mass is 16.5. The van der Waals surface area contributed by atoms with E-state index in [1.54, 1.807) is 0 Å². The fourth-order valence-corrected chi connectivity index (χ4v) is 1.25. The quantitative estimate of drug-likeness (QED) is 0.155. The van der Waals surface area contributed by atoms with Gasteiger partial charge in [0.15, 0.2) is 0 Å². The monoisotopic (exact) mass is 304 g/mol. The lowest BCUT2D eigenvalue weighted by Gasteiger charge is -2.07. The van der Waals surface area contributed by atoms with E-state index in [2.05, 4.69) is 20.1 Å². The van der Waals surface area contributed by atoms with Crippen molar-refractivity contribution >= 4 is 5.97 Å². The average molecular weight is 304 g/mol. The summed E-state index contributed by atoms with van der Waals surface area (Å²) in [6, 6.07) is 0. The average Bonchev–Trinajstić information content (AvgIpc) is 2.50. The Bertz CT molecular complexity index is 297. The summed E-state index contributed by atoms with van der Waals surface area (Å²) in [5.41, 5.74) is 8.03. The van der Waals surface area contributed by atoms with E-state index >= 15 is 0 Å². The van der Waals surface area contributed by atoms with Crippen molar-refractivity contribution < 1.29 is 23.7 Å². The van der Waals surface area contributed by atoms with Gasteiger partial charge in [0, 0.05) is 24.5 Å². The number of carbonyl (C=O) groups excluding carboxylic acids is 1. The third-order valence-electron chi connectivity index (χ3n) is 2.30. The van der Waals surface area contributed by atoms with Gasteiger partial charge in [-0.25, -0.2) is 0 Å². The molecule has 0 aliphatic heterocycles. The molecular formula is C12H24N4O5. The van der Waals surface area contributed by atoms with Crippen LogP contribution in [0.5, 0.6) is 0 Å². The molecule has 0 atom stereocenters. The van der Waals surface area contributed by atoms with Crippen molar-refractivity contribution in [2.45, 2.75) is 6.42 Å². The summed E-state index contributed by atoms with van der Waals surface area (Å²) < 4.78 is 20.3. The van der Waals surface area contributed by atoms with Crippen molar-refractivity contribution in [2.24, 2.45) is 5.11 Å². The maximum Gasteiger partial charge on any atom is 0.306 e. The molecule has 0 bridgehead atoms. The molecule has 21 heavy (non-hydrogen) atoms. The molecule has 9 nitrogen and oxygen atoms in total. The normalized spacial score (nSPS) is 10.1. The molecule has 0 saturated carbocycles. The maximum absolute atomic E-state index is 10.8. The van der Waals surface area contributed by atoms with Crippen LogP contribution in [-0.4, -0.2) is 72.4 Å². The zero-order valence-electron chi connectivity index (χ0n) is 12.5. The fourth-order valence-electron chi connectivity index (χ4n) is 1.25. The molecule has 0 radical (unpaired) electrons. The minimum absolute atomic E-state index is 0.224. The summed E-state index contributed by atoms with van der Waals surface area (Å²) >= 11 is 0. The molecule has 0 aliphatic carbocycles. The van der Waals surface area contributed by atoms with E-state index in [-0.39, 0.29) is 5.97 Å². The van der Waals surface area contributed by atoms with Gasteiger partial charge in [-0.2, -0.15) is 0 Å². The van der Waals surface area contributed by atoms with Crippen molar-refractivity contribution in [2.75, 3.05) is 66.4 Å². The lowest BCUT2D eigenvalue weighted by molar-refractivity contribution is -0.140. The van der Waals surface area contributed by atoms with E-state index in [4.69, 9.17) is 19.7 Å². The first-order chi connectivity index (χ1) is 10.3. The highest BCUT2D eigenvalue weighted by Gasteiger charge is 1.98. The molecule has 0 heterocycles. The van der Waals surface area contributed by atoms with Crippen molar-refractivity contribution in [1.82, 2.24) is 5.32 Å². The molecule has 0 aromatic carbocycles. The number of rotatable bonds is 15. The predicted octanol–water partition coefficient (Wildman–Crippen LogP) is 0.499. The van der Waals surface area contributed by atoms with E-state index in [0.29, 0.717) is 65.7 Å². The van der Waals surface area contributed by atoms with E-state index in [1.165, 1.54) is 7.11 Å².